The Hall–Kier alpha value is -0.0900. The Bertz CT molecular complexity index is 396. The molecule has 0 bridgehead atoms. The molecule has 1 aliphatic carbocycles. The first kappa shape index (κ1) is 14.3. The maximum Gasteiger partial charge on any atom is 0.0688 e. The van der Waals surface area contributed by atoms with Crippen molar-refractivity contribution in [3.8, 4) is 0 Å². The van der Waals surface area contributed by atoms with Gasteiger partial charge in [-0.1, -0.05) is 32.4 Å². The van der Waals surface area contributed by atoms with Gasteiger partial charge in [-0.15, -0.1) is 0 Å². The van der Waals surface area contributed by atoms with Gasteiger partial charge in [0.1, 0.15) is 0 Å². The molecule has 0 amide bonds. The summed E-state index contributed by atoms with van der Waals surface area (Å²) in [5, 5.41) is 10.8. The second kappa shape index (κ2) is 5.49. The van der Waals surface area contributed by atoms with E-state index >= 15 is 0 Å². The van der Waals surface area contributed by atoms with Crippen molar-refractivity contribution < 1.29 is 5.11 Å². The Labute approximate surface area is 124 Å². The molecular weight excluding hydrogens is 335 g/mol. The first-order valence-electron chi connectivity index (χ1n) is 6.86. The molecule has 1 N–H and O–H groups in total. The van der Waals surface area contributed by atoms with E-state index in [0.717, 1.165) is 32.1 Å². The van der Waals surface area contributed by atoms with Gasteiger partial charge in [0.15, 0.2) is 0 Å². The van der Waals surface area contributed by atoms with E-state index in [9.17, 15) is 5.11 Å². The van der Waals surface area contributed by atoms with Crippen LogP contribution in [0.15, 0.2) is 24.3 Å². The van der Waals surface area contributed by atoms with Gasteiger partial charge in [-0.25, -0.2) is 0 Å². The van der Waals surface area contributed by atoms with Gasteiger partial charge < -0.3 is 5.11 Å². The highest BCUT2D eigenvalue weighted by atomic mass is 127. The Morgan fingerprint density at radius 3 is 2.39 bits per heavy atom. The molecule has 2 heteroatoms. The van der Waals surface area contributed by atoms with Crippen molar-refractivity contribution in [3.63, 3.8) is 0 Å². The van der Waals surface area contributed by atoms with Crippen LogP contribution in [-0.4, -0.2) is 10.7 Å². The van der Waals surface area contributed by atoms with E-state index in [-0.39, 0.29) is 0 Å². The van der Waals surface area contributed by atoms with Crippen LogP contribution in [0.2, 0.25) is 0 Å². The molecule has 18 heavy (non-hydrogen) atoms. The van der Waals surface area contributed by atoms with Crippen molar-refractivity contribution >= 4 is 22.6 Å². The van der Waals surface area contributed by atoms with Gasteiger partial charge in [-0.2, -0.15) is 0 Å². The summed E-state index contributed by atoms with van der Waals surface area (Å²) < 4.78 is 1.25. The van der Waals surface area contributed by atoms with Crippen molar-refractivity contribution in [2.75, 3.05) is 0 Å². The van der Waals surface area contributed by atoms with E-state index in [0.29, 0.717) is 5.41 Å². The predicted molar refractivity (Wildman–Crippen MR) is 84.7 cm³/mol. The van der Waals surface area contributed by atoms with Crippen LogP contribution in [0.4, 0.5) is 0 Å². The summed E-state index contributed by atoms with van der Waals surface area (Å²) in [6, 6.07) is 8.55. The van der Waals surface area contributed by atoms with Gasteiger partial charge in [-0.05, 0) is 71.4 Å². The summed E-state index contributed by atoms with van der Waals surface area (Å²) in [4.78, 5) is 0. The third-order valence-corrected chi connectivity index (χ3v) is 4.93. The summed E-state index contributed by atoms with van der Waals surface area (Å²) in [5.41, 5.74) is 1.18. The Balaban J connectivity index is 2.05. The third-order valence-electron chi connectivity index (χ3n) is 4.21. The molecule has 1 aliphatic rings. The summed E-state index contributed by atoms with van der Waals surface area (Å²) >= 11 is 2.32. The van der Waals surface area contributed by atoms with E-state index in [2.05, 4.69) is 60.7 Å². The lowest BCUT2D eigenvalue weighted by atomic mass is 9.83. The highest BCUT2D eigenvalue weighted by Gasteiger charge is 2.33. The fraction of sp³-hybridized carbons (Fsp3) is 0.625. The molecule has 1 aromatic rings. The third kappa shape index (κ3) is 3.95. The largest absolute Gasteiger partial charge is 0.390 e. The van der Waals surface area contributed by atoms with E-state index in [1.807, 2.05) is 0 Å². The Morgan fingerprint density at radius 2 is 1.72 bits per heavy atom. The molecule has 1 aromatic carbocycles. The van der Waals surface area contributed by atoms with E-state index in [1.54, 1.807) is 0 Å². The van der Waals surface area contributed by atoms with Crippen LogP contribution >= 0.6 is 22.6 Å². The van der Waals surface area contributed by atoms with Crippen LogP contribution in [0.25, 0.3) is 0 Å². The van der Waals surface area contributed by atoms with E-state index in [4.69, 9.17) is 0 Å². The van der Waals surface area contributed by atoms with Crippen LogP contribution in [0.3, 0.4) is 0 Å². The van der Waals surface area contributed by atoms with Crippen molar-refractivity contribution in [2.24, 2.45) is 5.41 Å². The second-order valence-corrected chi connectivity index (χ2v) is 7.79. The predicted octanol–water partition coefficient (Wildman–Crippen LogP) is 4.56. The zero-order valence-corrected chi connectivity index (χ0v) is 13.5. The van der Waals surface area contributed by atoms with Crippen molar-refractivity contribution in [1.29, 1.82) is 0 Å². The van der Waals surface area contributed by atoms with Crippen LogP contribution in [0.5, 0.6) is 0 Å². The highest BCUT2D eigenvalue weighted by Crippen LogP contribution is 2.39. The lowest BCUT2D eigenvalue weighted by molar-refractivity contribution is 0.0226. The van der Waals surface area contributed by atoms with Gasteiger partial charge in [0.25, 0.3) is 0 Å². The summed E-state index contributed by atoms with van der Waals surface area (Å²) in [7, 11) is 0. The van der Waals surface area contributed by atoms with E-state index in [1.165, 1.54) is 15.6 Å². The topological polar surface area (TPSA) is 20.2 Å². The standard InChI is InChI=1S/C16H23IO/c1-15(2)8-3-9-16(18,11-10-15)12-13-4-6-14(17)7-5-13/h4-7,18H,3,8-12H2,1-2H3. The fourth-order valence-electron chi connectivity index (χ4n) is 2.88. The summed E-state index contributed by atoms with van der Waals surface area (Å²) in [6.45, 7) is 4.65. The molecule has 1 nitrogen and oxygen atoms in total. The average molecular weight is 358 g/mol. The maximum absolute atomic E-state index is 10.8. The van der Waals surface area contributed by atoms with E-state index < -0.39 is 5.60 Å². The maximum atomic E-state index is 10.8. The van der Waals surface area contributed by atoms with Gasteiger partial charge in [-0.3, -0.25) is 0 Å². The van der Waals surface area contributed by atoms with Crippen molar-refractivity contribution in [1.82, 2.24) is 0 Å². The van der Waals surface area contributed by atoms with Crippen LogP contribution in [0, 0.1) is 8.99 Å². The minimum Gasteiger partial charge on any atom is -0.390 e. The minimum absolute atomic E-state index is 0.399. The van der Waals surface area contributed by atoms with Gasteiger partial charge in [0.05, 0.1) is 5.60 Å². The second-order valence-electron chi connectivity index (χ2n) is 6.55. The number of halogens is 1. The molecule has 0 radical (unpaired) electrons. The molecule has 1 atom stereocenters. The van der Waals surface area contributed by atoms with Gasteiger partial charge in [0, 0.05) is 9.99 Å². The zero-order valence-electron chi connectivity index (χ0n) is 11.4. The Morgan fingerprint density at radius 1 is 1.06 bits per heavy atom. The minimum atomic E-state index is -0.486. The quantitative estimate of drug-likeness (QED) is 0.607. The molecule has 1 unspecified atom stereocenters. The molecule has 100 valence electrons. The van der Waals surface area contributed by atoms with Gasteiger partial charge in [0.2, 0.25) is 0 Å². The molecule has 2 rings (SSSR count). The molecule has 0 saturated heterocycles. The fourth-order valence-corrected chi connectivity index (χ4v) is 3.24. The number of hydrogen-bond acceptors (Lipinski definition) is 1. The lowest BCUT2D eigenvalue weighted by Gasteiger charge is -2.28. The first-order chi connectivity index (χ1) is 8.39. The number of hydrogen-bond donors (Lipinski definition) is 1. The average Bonchev–Trinajstić information content (AvgIpc) is 2.42. The monoisotopic (exact) mass is 358 g/mol. The molecule has 1 fully saturated rings. The number of aliphatic hydroxyl groups is 1. The van der Waals surface area contributed by atoms with Crippen molar-refractivity contribution in [2.45, 2.75) is 58.0 Å². The lowest BCUT2D eigenvalue weighted by Crippen LogP contribution is -2.31. The SMILES string of the molecule is CC1(C)CCCC(O)(Cc2ccc(I)cc2)CC1. The first-order valence-corrected chi connectivity index (χ1v) is 7.93. The molecule has 0 spiro atoms. The highest BCUT2D eigenvalue weighted by molar-refractivity contribution is 14.1. The Kier molecular flexibility index (Phi) is 4.37. The molecular formula is C16H23IO. The van der Waals surface area contributed by atoms with Gasteiger partial charge >= 0.3 is 0 Å². The number of rotatable bonds is 2. The van der Waals surface area contributed by atoms with Crippen LogP contribution in [-0.2, 0) is 6.42 Å². The smallest absolute Gasteiger partial charge is 0.0688 e. The molecule has 0 heterocycles. The van der Waals surface area contributed by atoms with Crippen molar-refractivity contribution in [3.05, 3.63) is 33.4 Å². The summed E-state index contributed by atoms with van der Waals surface area (Å²) in [6.07, 6.45) is 6.21. The van der Waals surface area contributed by atoms with Crippen LogP contribution in [0.1, 0.15) is 51.5 Å². The molecule has 0 aromatic heterocycles. The zero-order chi connectivity index (χ0) is 13.2. The summed E-state index contributed by atoms with van der Waals surface area (Å²) in [5.74, 6) is 0. The molecule has 0 aliphatic heterocycles. The molecule has 1 saturated carbocycles. The normalized spacial score (nSPS) is 27.8. The van der Waals surface area contributed by atoms with Crippen LogP contribution < -0.4 is 0 Å². The number of benzene rings is 1.